The summed E-state index contributed by atoms with van der Waals surface area (Å²) in [6.07, 6.45) is 0.353. The first kappa shape index (κ1) is 22.0. The SMILES string of the molecule is CCOc1cc([C@H]2CC(=O)N([C@@H](C)C(=O)Nc3nc(C(C)C)ns3)C2)ccc1OC. The summed E-state index contributed by atoms with van der Waals surface area (Å²) in [7, 11) is 1.60. The average Bonchev–Trinajstić information content (AvgIpc) is 3.34. The van der Waals surface area contributed by atoms with Gasteiger partial charge in [0.25, 0.3) is 0 Å². The summed E-state index contributed by atoms with van der Waals surface area (Å²) in [4.78, 5) is 31.3. The smallest absolute Gasteiger partial charge is 0.248 e. The van der Waals surface area contributed by atoms with Crippen LogP contribution in [0.5, 0.6) is 11.5 Å². The van der Waals surface area contributed by atoms with Gasteiger partial charge in [-0.1, -0.05) is 19.9 Å². The van der Waals surface area contributed by atoms with E-state index in [2.05, 4.69) is 14.7 Å². The first-order chi connectivity index (χ1) is 14.3. The first-order valence-electron chi connectivity index (χ1n) is 10.1. The second-order valence-corrected chi connectivity index (χ2v) is 8.32. The van der Waals surface area contributed by atoms with Gasteiger partial charge in [0, 0.05) is 36.3 Å². The molecule has 162 valence electrons. The minimum Gasteiger partial charge on any atom is -0.493 e. The van der Waals surface area contributed by atoms with Crippen molar-refractivity contribution in [1.82, 2.24) is 14.3 Å². The Bertz CT molecular complexity index is 914. The van der Waals surface area contributed by atoms with Crippen LogP contribution < -0.4 is 14.8 Å². The molecule has 9 heteroatoms. The van der Waals surface area contributed by atoms with Crippen LogP contribution in [0.1, 0.15) is 57.3 Å². The van der Waals surface area contributed by atoms with Gasteiger partial charge in [-0.3, -0.25) is 14.9 Å². The molecule has 1 aliphatic rings. The molecule has 0 saturated carbocycles. The Morgan fingerprint density at radius 1 is 1.33 bits per heavy atom. The van der Waals surface area contributed by atoms with Crippen molar-refractivity contribution in [1.29, 1.82) is 0 Å². The van der Waals surface area contributed by atoms with Crippen LogP contribution in [-0.2, 0) is 9.59 Å². The average molecular weight is 433 g/mol. The molecule has 0 radical (unpaired) electrons. The standard InChI is InChI=1S/C21H28N4O4S/c1-6-29-17-9-14(7-8-16(17)28-5)15-10-18(26)25(11-15)13(4)20(27)23-21-22-19(12(2)3)24-30-21/h7-9,12-13,15H,6,10-11H2,1-5H3,(H,22,23,24,27)/t13-,15-/m0/s1. The van der Waals surface area contributed by atoms with E-state index in [1.165, 1.54) is 0 Å². The number of amides is 2. The summed E-state index contributed by atoms with van der Waals surface area (Å²) in [5.41, 5.74) is 0.994. The van der Waals surface area contributed by atoms with Crippen molar-refractivity contribution in [3.63, 3.8) is 0 Å². The quantitative estimate of drug-likeness (QED) is 0.687. The lowest BCUT2D eigenvalue weighted by atomic mass is 9.98. The Balaban J connectivity index is 1.68. The predicted molar refractivity (Wildman–Crippen MR) is 115 cm³/mol. The van der Waals surface area contributed by atoms with Crippen LogP contribution in [0.4, 0.5) is 5.13 Å². The monoisotopic (exact) mass is 432 g/mol. The van der Waals surface area contributed by atoms with Gasteiger partial charge in [0.1, 0.15) is 11.9 Å². The summed E-state index contributed by atoms with van der Waals surface area (Å²) in [5.74, 6) is 1.89. The van der Waals surface area contributed by atoms with Gasteiger partial charge in [-0.15, -0.1) is 0 Å². The van der Waals surface area contributed by atoms with Crippen LogP contribution in [0.2, 0.25) is 0 Å². The normalized spacial score (nSPS) is 17.3. The van der Waals surface area contributed by atoms with Crippen LogP contribution >= 0.6 is 11.5 Å². The number of aromatic nitrogens is 2. The summed E-state index contributed by atoms with van der Waals surface area (Å²) in [6.45, 7) is 8.63. The maximum Gasteiger partial charge on any atom is 0.248 e. The summed E-state index contributed by atoms with van der Waals surface area (Å²) < 4.78 is 15.2. The van der Waals surface area contributed by atoms with E-state index in [4.69, 9.17) is 9.47 Å². The van der Waals surface area contributed by atoms with E-state index in [-0.39, 0.29) is 23.7 Å². The van der Waals surface area contributed by atoms with Gasteiger partial charge in [-0.05, 0) is 31.5 Å². The Morgan fingerprint density at radius 3 is 2.73 bits per heavy atom. The Labute approximate surface area is 180 Å². The van der Waals surface area contributed by atoms with Crippen LogP contribution in [0.15, 0.2) is 18.2 Å². The Morgan fingerprint density at radius 2 is 2.10 bits per heavy atom. The molecule has 0 unspecified atom stereocenters. The zero-order chi connectivity index (χ0) is 21.8. The third-order valence-corrected chi connectivity index (χ3v) is 5.80. The lowest BCUT2D eigenvalue weighted by Crippen LogP contribution is -2.42. The molecule has 1 fully saturated rings. The molecular formula is C21H28N4O4S. The molecule has 2 amide bonds. The fraction of sp³-hybridized carbons (Fsp3) is 0.524. The van der Waals surface area contributed by atoms with Crippen molar-refractivity contribution in [3.05, 3.63) is 29.6 Å². The lowest BCUT2D eigenvalue weighted by molar-refractivity contribution is -0.134. The number of nitrogens with zero attached hydrogens (tertiary/aromatic N) is 3. The van der Waals surface area contributed by atoms with Crippen molar-refractivity contribution >= 4 is 28.5 Å². The van der Waals surface area contributed by atoms with Crippen molar-refractivity contribution < 1.29 is 19.1 Å². The molecule has 1 aliphatic heterocycles. The molecule has 0 spiro atoms. The molecule has 8 nitrogen and oxygen atoms in total. The predicted octanol–water partition coefficient (Wildman–Crippen LogP) is 3.41. The maximum atomic E-state index is 12.7. The molecular weight excluding hydrogens is 404 g/mol. The van der Waals surface area contributed by atoms with Gasteiger partial charge in [0.2, 0.25) is 16.9 Å². The molecule has 1 N–H and O–H groups in total. The van der Waals surface area contributed by atoms with Crippen LogP contribution in [-0.4, -0.2) is 52.4 Å². The molecule has 1 saturated heterocycles. The van der Waals surface area contributed by atoms with E-state index in [1.807, 2.05) is 39.0 Å². The zero-order valence-corrected chi connectivity index (χ0v) is 18.8. The van der Waals surface area contributed by atoms with Crippen molar-refractivity contribution in [2.75, 3.05) is 25.6 Å². The number of rotatable bonds is 8. The van der Waals surface area contributed by atoms with Gasteiger partial charge < -0.3 is 14.4 Å². The molecule has 1 aromatic heterocycles. The summed E-state index contributed by atoms with van der Waals surface area (Å²) in [6, 6.07) is 5.12. The number of anilines is 1. The van der Waals surface area contributed by atoms with Crippen molar-refractivity contribution in [2.24, 2.45) is 0 Å². The first-order valence-corrected chi connectivity index (χ1v) is 10.9. The van der Waals surface area contributed by atoms with Gasteiger partial charge in [0.15, 0.2) is 11.5 Å². The number of nitrogens with one attached hydrogen (secondary N) is 1. The molecule has 30 heavy (non-hydrogen) atoms. The third-order valence-electron chi connectivity index (χ3n) is 5.15. The number of methoxy groups -OCH3 is 1. The Kier molecular flexibility index (Phi) is 6.91. The highest BCUT2D eigenvalue weighted by Gasteiger charge is 2.36. The van der Waals surface area contributed by atoms with Gasteiger partial charge >= 0.3 is 0 Å². The Hall–Kier alpha value is -2.68. The van der Waals surface area contributed by atoms with Gasteiger partial charge in [-0.25, -0.2) is 4.98 Å². The number of carbonyl (C=O) groups is 2. The number of ether oxygens (including phenoxy) is 2. The van der Waals surface area contributed by atoms with Gasteiger partial charge in [0.05, 0.1) is 13.7 Å². The van der Waals surface area contributed by atoms with E-state index in [1.54, 1.807) is 18.9 Å². The number of likely N-dealkylation sites (tertiary alicyclic amines) is 1. The van der Waals surface area contributed by atoms with E-state index >= 15 is 0 Å². The molecule has 0 bridgehead atoms. The summed E-state index contributed by atoms with van der Waals surface area (Å²) >= 11 is 1.15. The van der Waals surface area contributed by atoms with Crippen LogP contribution in [0.3, 0.4) is 0 Å². The number of benzene rings is 1. The van der Waals surface area contributed by atoms with E-state index in [0.29, 0.717) is 42.0 Å². The fourth-order valence-electron chi connectivity index (χ4n) is 3.42. The largest absolute Gasteiger partial charge is 0.493 e. The third kappa shape index (κ3) is 4.72. The second kappa shape index (κ2) is 9.42. The van der Waals surface area contributed by atoms with Crippen molar-refractivity contribution in [3.8, 4) is 11.5 Å². The number of hydrogen-bond acceptors (Lipinski definition) is 7. The molecule has 2 heterocycles. The number of hydrogen-bond donors (Lipinski definition) is 1. The topological polar surface area (TPSA) is 93.7 Å². The van der Waals surface area contributed by atoms with Crippen LogP contribution in [0, 0.1) is 0 Å². The van der Waals surface area contributed by atoms with Gasteiger partial charge in [-0.2, -0.15) is 4.37 Å². The highest BCUT2D eigenvalue weighted by molar-refractivity contribution is 7.09. The zero-order valence-electron chi connectivity index (χ0n) is 18.0. The molecule has 2 atom stereocenters. The minimum atomic E-state index is -0.599. The van der Waals surface area contributed by atoms with E-state index in [9.17, 15) is 9.59 Å². The molecule has 1 aromatic carbocycles. The fourth-order valence-corrected chi connectivity index (χ4v) is 4.13. The second-order valence-electron chi connectivity index (χ2n) is 7.57. The molecule has 2 aromatic rings. The highest BCUT2D eigenvalue weighted by atomic mass is 32.1. The lowest BCUT2D eigenvalue weighted by Gasteiger charge is -2.23. The summed E-state index contributed by atoms with van der Waals surface area (Å²) in [5, 5.41) is 3.24. The molecule has 3 rings (SSSR count). The van der Waals surface area contributed by atoms with Crippen molar-refractivity contribution in [2.45, 2.75) is 52.0 Å². The highest BCUT2D eigenvalue weighted by Crippen LogP contribution is 2.35. The van der Waals surface area contributed by atoms with Crippen LogP contribution in [0.25, 0.3) is 0 Å². The van der Waals surface area contributed by atoms with E-state index < -0.39 is 6.04 Å². The number of carbonyl (C=O) groups excluding carboxylic acids is 2. The molecule has 0 aliphatic carbocycles. The minimum absolute atomic E-state index is 0.00747. The van der Waals surface area contributed by atoms with E-state index in [0.717, 1.165) is 17.1 Å². The maximum absolute atomic E-state index is 12.7.